The summed E-state index contributed by atoms with van der Waals surface area (Å²) in [4.78, 5) is 8.93. The van der Waals surface area contributed by atoms with Crippen LogP contribution in [0.2, 0.25) is 0 Å². The van der Waals surface area contributed by atoms with E-state index in [0.717, 1.165) is 53.1 Å². The number of hydrogen-bond donors (Lipinski definition) is 3. The molecule has 4 aromatic rings. The zero-order valence-electron chi connectivity index (χ0n) is 17.2. The van der Waals surface area contributed by atoms with Crippen molar-refractivity contribution < 1.29 is 4.74 Å². The molecule has 2 aromatic carbocycles. The lowest BCUT2D eigenvalue weighted by molar-refractivity contribution is 0.0277. The Morgan fingerprint density at radius 1 is 1.06 bits per heavy atom. The van der Waals surface area contributed by atoms with Crippen molar-refractivity contribution in [3.8, 4) is 0 Å². The van der Waals surface area contributed by atoms with Crippen LogP contribution in [0.15, 0.2) is 60.9 Å². The van der Waals surface area contributed by atoms with Gasteiger partial charge in [0.15, 0.2) is 0 Å². The maximum atomic E-state index is 5.81. The Hall–Kier alpha value is -3.62. The van der Waals surface area contributed by atoms with Gasteiger partial charge in [0.25, 0.3) is 0 Å². The molecule has 0 bridgehead atoms. The first-order valence-corrected chi connectivity index (χ1v) is 10.3. The van der Waals surface area contributed by atoms with Crippen molar-refractivity contribution in [1.29, 1.82) is 0 Å². The van der Waals surface area contributed by atoms with E-state index in [1.54, 1.807) is 12.4 Å². The van der Waals surface area contributed by atoms with E-state index < -0.39 is 0 Å². The van der Waals surface area contributed by atoms with Crippen LogP contribution in [-0.4, -0.2) is 39.9 Å². The SMILES string of the molecule is Cc1cccc2c(Nc3ccnc(Nc4ccc(C5CNCCO5)cc4)n3)cnnc12. The van der Waals surface area contributed by atoms with E-state index in [9.17, 15) is 0 Å². The lowest BCUT2D eigenvalue weighted by atomic mass is 10.1. The highest BCUT2D eigenvalue weighted by molar-refractivity contribution is 5.93. The molecule has 8 nitrogen and oxygen atoms in total. The molecular weight excluding hydrogens is 390 g/mol. The fourth-order valence-corrected chi connectivity index (χ4v) is 3.64. The summed E-state index contributed by atoms with van der Waals surface area (Å²) in [5.41, 5.74) is 4.87. The number of rotatable bonds is 5. The minimum Gasteiger partial charge on any atom is -0.371 e. The Bertz CT molecular complexity index is 1190. The number of anilines is 4. The minimum atomic E-state index is 0.0963. The number of benzene rings is 2. The van der Waals surface area contributed by atoms with Crippen molar-refractivity contribution in [3.05, 3.63) is 72.1 Å². The van der Waals surface area contributed by atoms with E-state index >= 15 is 0 Å². The quantitative estimate of drug-likeness (QED) is 0.454. The molecule has 0 radical (unpaired) electrons. The topological polar surface area (TPSA) is 96.9 Å². The molecule has 5 rings (SSSR count). The van der Waals surface area contributed by atoms with E-state index in [1.807, 2.05) is 43.3 Å². The van der Waals surface area contributed by atoms with Crippen LogP contribution < -0.4 is 16.0 Å². The highest BCUT2D eigenvalue weighted by Gasteiger charge is 2.15. The second-order valence-corrected chi connectivity index (χ2v) is 7.43. The van der Waals surface area contributed by atoms with Gasteiger partial charge in [0.2, 0.25) is 5.95 Å². The summed E-state index contributed by atoms with van der Waals surface area (Å²) in [7, 11) is 0. The maximum Gasteiger partial charge on any atom is 0.229 e. The van der Waals surface area contributed by atoms with Crippen LogP contribution in [0.5, 0.6) is 0 Å². The summed E-state index contributed by atoms with van der Waals surface area (Å²) in [5, 5.41) is 19.3. The van der Waals surface area contributed by atoms with Crippen molar-refractivity contribution in [1.82, 2.24) is 25.5 Å². The molecule has 1 unspecified atom stereocenters. The normalized spacial score (nSPS) is 16.2. The van der Waals surface area contributed by atoms with Crippen LogP contribution in [0, 0.1) is 6.92 Å². The van der Waals surface area contributed by atoms with Gasteiger partial charge in [-0.1, -0.05) is 30.3 Å². The van der Waals surface area contributed by atoms with Crippen LogP contribution in [0.25, 0.3) is 10.9 Å². The first-order chi connectivity index (χ1) is 15.3. The molecule has 156 valence electrons. The Morgan fingerprint density at radius 3 is 2.81 bits per heavy atom. The van der Waals surface area contributed by atoms with Gasteiger partial charge in [-0.05, 0) is 36.2 Å². The molecule has 1 atom stereocenters. The number of aryl methyl sites for hydroxylation is 1. The van der Waals surface area contributed by atoms with E-state index in [2.05, 4.69) is 48.2 Å². The molecule has 3 heterocycles. The number of nitrogens with zero attached hydrogens (tertiary/aromatic N) is 4. The van der Waals surface area contributed by atoms with Gasteiger partial charge >= 0.3 is 0 Å². The van der Waals surface area contributed by atoms with Crippen molar-refractivity contribution in [2.75, 3.05) is 30.3 Å². The molecule has 8 heteroatoms. The Morgan fingerprint density at radius 2 is 1.97 bits per heavy atom. The maximum absolute atomic E-state index is 5.81. The highest BCUT2D eigenvalue weighted by Crippen LogP contribution is 2.26. The highest BCUT2D eigenvalue weighted by atomic mass is 16.5. The minimum absolute atomic E-state index is 0.0963. The molecule has 31 heavy (non-hydrogen) atoms. The first-order valence-electron chi connectivity index (χ1n) is 10.3. The zero-order valence-corrected chi connectivity index (χ0v) is 17.2. The van der Waals surface area contributed by atoms with Gasteiger partial charge < -0.3 is 20.7 Å². The third kappa shape index (κ3) is 4.30. The molecule has 0 spiro atoms. The Kier molecular flexibility index (Phi) is 5.39. The molecule has 1 aliphatic rings. The predicted molar refractivity (Wildman–Crippen MR) is 121 cm³/mol. The van der Waals surface area contributed by atoms with Gasteiger partial charge in [-0.15, -0.1) is 0 Å². The van der Waals surface area contributed by atoms with Gasteiger partial charge in [0.1, 0.15) is 5.82 Å². The van der Waals surface area contributed by atoms with Gasteiger partial charge in [0, 0.05) is 30.4 Å². The van der Waals surface area contributed by atoms with E-state index in [1.165, 1.54) is 0 Å². The predicted octanol–water partition coefficient (Wildman–Crippen LogP) is 3.88. The summed E-state index contributed by atoms with van der Waals surface area (Å²) in [6, 6.07) is 16.0. The fraction of sp³-hybridized carbons (Fsp3) is 0.217. The van der Waals surface area contributed by atoms with E-state index in [4.69, 9.17) is 4.74 Å². The molecule has 1 fully saturated rings. The second kappa shape index (κ2) is 8.63. The molecule has 0 aliphatic carbocycles. The van der Waals surface area contributed by atoms with Crippen molar-refractivity contribution in [3.63, 3.8) is 0 Å². The summed E-state index contributed by atoms with van der Waals surface area (Å²) in [5.74, 6) is 1.18. The third-order valence-electron chi connectivity index (χ3n) is 5.26. The molecule has 2 aromatic heterocycles. The summed E-state index contributed by atoms with van der Waals surface area (Å²) in [6.45, 7) is 4.50. The van der Waals surface area contributed by atoms with Crippen molar-refractivity contribution in [2.45, 2.75) is 13.0 Å². The molecule has 1 aliphatic heterocycles. The number of morpholine rings is 1. The van der Waals surface area contributed by atoms with Crippen LogP contribution in [0.3, 0.4) is 0 Å². The fourth-order valence-electron chi connectivity index (χ4n) is 3.64. The van der Waals surface area contributed by atoms with Gasteiger partial charge in [-0.2, -0.15) is 15.2 Å². The standard InChI is InChI=1S/C23H23N7O/c1-15-3-2-4-18-19(13-26-30-22(15)18)28-21-9-10-25-23(29-21)27-17-7-5-16(6-8-17)20-14-24-11-12-31-20/h2-10,13,20,24H,11-12,14H2,1H3,(H2,25,27,28,29,30). The van der Waals surface area contributed by atoms with Gasteiger partial charge in [-0.3, -0.25) is 0 Å². The van der Waals surface area contributed by atoms with E-state index in [-0.39, 0.29) is 6.10 Å². The van der Waals surface area contributed by atoms with Crippen LogP contribution >= 0.6 is 0 Å². The van der Waals surface area contributed by atoms with Crippen LogP contribution in [0.4, 0.5) is 23.1 Å². The Balaban J connectivity index is 1.32. The molecule has 0 saturated carbocycles. The average molecular weight is 413 g/mol. The second-order valence-electron chi connectivity index (χ2n) is 7.43. The lowest BCUT2D eigenvalue weighted by Crippen LogP contribution is -2.33. The van der Waals surface area contributed by atoms with Gasteiger partial charge in [-0.25, -0.2) is 4.98 Å². The van der Waals surface area contributed by atoms with Crippen molar-refractivity contribution in [2.24, 2.45) is 0 Å². The average Bonchev–Trinajstić information content (AvgIpc) is 2.81. The van der Waals surface area contributed by atoms with Gasteiger partial charge in [0.05, 0.1) is 30.1 Å². The number of nitrogens with one attached hydrogen (secondary N) is 3. The smallest absolute Gasteiger partial charge is 0.229 e. The monoisotopic (exact) mass is 413 g/mol. The molecule has 0 amide bonds. The number of fused-ring (bicyclic) bond motifs is 1. The van der Waals surface area contributed by atoms with Crippen LogP contribution in [0.1, 0.15) is 17.2 Å². The zero-order chi connectivity index (χ0) is 21.0. The molecular formula is C23H23N7O. The number of aromatic nitrogens is 4. The molecule has 1 saturated heterocycles. The summed E-state index contributed by atoms with van der Waals surface area (Å²) < 4.78 is 5.81. The first kappa shape index (κ1) is 19.3. The largest absolute Gasteiger partial charge is 0.371 e. The third-order valence-corrected chi connectivity index (χ3v) is 5.26. The Labute approximate surface area is 180 Å². The van der Waals surface area contributed by atoms with Crippen molar-refractivity contribution >= 4 is 34.0 Å². The summed E-state index contributed by atoms with van der Waals surface area (Å²) in [6.07, 6.45) is 3.52. The lowest BCUT2D eigenvalue weighted by Gasteiger charge is -2.24. The van der Waals surface area contributed by atoms with E-state index in [0.29, 0.717) is 11.8 Å². The van der Waals surface area contributed by atoms with Crippen LogP contribution in [-0.2, 0) is 4.74 Å². The molecule has 3 N–H and O–H groups in total. The summed E-state index contributed by atoms with van der Waals surface area (Å²) >= 11 is 0. The number of ether oxygens (including phenoxy) is 1. The number of hydrogen-bond acceptors (Lipinski definition) is 8.